The fourth-order valence-corrected chi connectivity index (χ4v) is 4.04. The van der Waals surface area contributed by atoms with Crippen LogP contribution in [0.5, 0.6) is 0 Å². The molecular formula is C16H22N3O3P. The summed E-state index contributed by atoms with van der Waals surface area (Å²) >= 11 is 0. The van der Waals surface area contributed by atoms with Crippen LogP contribution < -0.4 is 5.32 Å². The Morgan fingerprint density at radius 1 is 1.09 bits per heavy atom. The fourth-order valence-electron chi connectivity index (χ4n) is 2.14. The van der Waals surface area contributed by atoms with Crippen molar-refractivity contribution in [3.05, 3.63) is 53.9 Å². The zero-order chi connectivity index (χ0) is 16.7. The van der Waals surface area contributed by atoms with Crippen molar-refractivity contribution in [3.63, 3.8) is 0 Å². The van der Waals surface area contributed by atoms with Gasteiger partial charge in [-0.1, -0.05) is 29.8 Å². The van der Waals surface area contributed by atoms with Crippen molar-refractivity contribution in [1.29, 1.82) is 0 Å². The number of aromatic nitrogens is 2. The van der Waals surface area contributed by atoms with Gasteiger partial charge in [0.1, 0.15) is 0 Å². The van der Waals surface area contributed by atoms with Gasteiger partial charge in [-0.3, -0.25) is 4.57 Å². The molecule has 6 nitrogen and oxygen atoms in total. The zero-order valence-corrected chi connectivity index (χ0v) is 14.5. The van der Waals surface area contributed by atoms with Gasteiger partial charge in [0.15, 0.2) is 5.78 Å². The number of rotatable bonds is 8. The van der Waals surface area contributed by atoms with Gasteiger partial charge >= 0.3 is 7.60 Å². The SMILES string of the molecule is CCOP(=O)(OCC)C(Nc1ncccn1)c1ccc(C)cc1. The molecule has 1 N–H and O–H groups in total. The van der Waals surface area contributed by atoms with Crippen LogP contribution >= 0.6 is 7.60 Å². The lowest BCUT2D eigenvalue weighted by molar-refractivity contribution is 0.214. The van der Waals surface area contributed by atoms with Gasteiger partial charge in [0.25, 0.3) is 0 Å². The van der Waals surface area contributed by atoms with Crippen molar-refractivity contribution in [2.24, 2.45) is 0 Å². The maximum absolute atomic E-state index is 13.2. The standard InChI is InChI=1S/C16H22N3O3P/c1-4-21-23(20,22-5-2)15(14-9-7-13(3)8-10-14)19-16-17-11-6-12-18-16/h6-12,15H,4-5H2,1-3H3,(H,17,18,19). The highest BCUT2D eigenvalue weighted by Gasteiger charge is 2.37. The first-order valence-corrected chi connectivity index (χ1v) is 9.19. The summed E-state index contributed by atoms with van der Waals surface area (Å²) in [5.41, 5.74) is 1.92. The van der Waals surface area contributed by atoms with Crippen LogP contribution in [-0.4, -0.2) is 23.2 Å². The van der Waals surface area contributed by atoms with Crippen LogP contribution in [0.1, 0.15) is 30.8 Å². The third-order valence-electron chi connectivity index (χ3n) is 3.16. The summed E-state index contributed by atoms with van der Waals surface area (Å²) in [5, 5.41) is 3.09. The van der Waals surface area contributed by atoms with Crippen LogP contribution in [0.25, 0.3) is 0 Å². The smallest absolute Gasteiger partial charge is 0.336 e. The quantitative estimate of drug-likeness (QED) is 0.730. The fraction of sp³-hybridized carbons (Fsp3) is 0.375. The highest BCUT2D eigenvalue weighted by Crippen LogP contribution is 2.60. The molecule has 0 amide bonds. The minimum absolute atomic E-state index is 0.289. The maximum Gasteiger partial charge on any atom is 0.357 e. The molecule has 0 fully saturated rings. The molecule has 7 heteroatoms. The molecule has 0 saturated heterocycles. The molecule has 0 aliphatic carbocycles. The summed E-state index contributed by atoms with van der Waals surface area (Å²) in [6.45, 7) is 6.15. The molecule has 2 rings (SSSR count). The summed E-state index contributed by atoms with van der Waals surface area (Å²) < 4.78 is 24.2. The van der Waals surface area contributed by atoms with E-state index < -0.39 is 13.4 Å². The molecule has 23 heavy (non-hydrogen) atoms. The maximum atomic E-state index is 13.2. The molecular weight excluding hydrogens is 313 g/mol. The van der Waals surface area contributed by atoms with Crippen molar-refractivity contribution in [2.75, 3.05) is 18.5 Å². The van der Waals surface area contributed by atoms with Gasteiger partial charge in [0, 0.05) is 12.4 Å². The Bertz CT molecular complexity index is 639. The van der Waals surface area contributed by atoms with Gasteiger partial charge in [-0.25, -0.2) is 9.97 Å². The van der Waals surface area contributed by atoms with Gasteiger partial charge in [-0.15, -0.1) is 0 Å². The Morgan fingerprint density at radius 2 is 1.65 bits per heavy atom. The first-order valence-electron chi connectivity index (χ1n) is 7.58. The second-order valence-corrected chi connectivity index (χ2v) is 7.02. The molecule has 0 radical (unpaired) electrons. The largest absolute Gasteiger partial charge is 0.357 e. The number of nitrogens with one attached hydrogen (secondary N) is 1. The molecule has 0 spiro atoms. The van der Waals surface area contributed by atoms with E-state index in [4.69, 9.17) is 9.05 Å². The topological polar surface area (TPSA) is 73.3 Å². The lowest BCUT2D eigenvalue weighted by atomic mass is 10.1. The van der Waals surface area contributed by atoms with Crippen molar-refractivity contribution < 1.29 is 13.6 Å². The monoisotopic (exact) mass is 335 g/mol. The van der Waals surface area contributed by atoms with Gasteiger partial charge in [-0.05, 0) is 32.4 Å². The van der Waals surface area contributed by atoms with Crippen LogP contribution in [0.4, 0.5) is 5.95 Å². The molecule has 2 aromatic rings. The Labute approximate surface area is 136 Å². The molecule has 1 atom stereocenters. The second-order valence-electron chi connectivity index (χ2n) is 4.91. The number of hydrogen-bond donors (Lipinski definition) is 1. The van der Waals surface area contributed by atoms with Crippen LogP contribution in [0.15, 0.2) is 42.7 Å². The van der Waals surface area contributed by atoms with Crippen LogP contribution in [0, 0.1) is 6.92 Å². The molecule has 0 saturated carbocycles. The zero-order valence-electron chi connectivity index (χ0n) is 13.6. The van der Waals surface area contributed by atoms with Crippen molar-refractivity contribution in [3.8, 4) is 0 Å². The minimum Gasteiger partial charge on any atom is -0.336 e. The third-order valence-corrected chi connectivity index (χ3v) is 5.45. The molecule has 0 bridgehead atoms. The van der Waals surface area contributed by atoms with E-state index in [1.807, 2.05) is 31.2 Å². The van der Waals surface area contributed by atoms with E-state index in [1.54, 1.807) is 32.3 Å². The summed E-state index contributed by atoms with van der Waals surface area (Å²) in [5.74, 6) is -0.303. The number of benzene rings is 1. The predicted octanol–water partition coefficient (Wildman–Crippen LogP) is 4.16. The number of anilines is 1. The average molecular weight is 335 g/mol. The highest BCUT2D eigenvalue weighted by atomic mass is 31.2. The Morgan fingerprint density at radius 3 is 2.17 bits per heavy atom. The summed E-state index contributed by atoms with van der Waals surface area (Å²) in [6.07, 6.45) is 3.24. The lowest BCUT2D eigenvalue weighted by Gasteiger charge is -2.27. The van der Waals surface area contributed by atoms with Crippen LogP contribution in [0.2, 0.25) is 0 Å². The number of hydrogen-bond acceptors (Lipinski definition) is 6. The van der Waals surface area contributed by atoms with Crippen molar-refractivity contribution in [2.45, 2.75) is 26.6 Å². The van der Waals surface area contributed by atoms with E-state index >= 15 is 0 Å². The number of aryl methyl sites for hydroxylation is 1. The van der Waals surface area contributed by atoms with Gasteiger partial charge in [0.2, 0.25) is 5.95 Å². The van der Waals surface area contributed by atoms with Gasteiger partial charge < -0.3 is 14.4 Å². The molecule has 0 aliphatic rings. The van der Waals surface area contributed by atoms with E-state index in [2.05, 4.69) is 15.3 Å². The molecule has 1 unspecified atom stereocenters. The molecule has 124 valence electrons. The van der Waals surface area contributed by atoms with Crippen molar-refractivity contribution >= 4 is 13.5 Å². The average Bonchev–Trinajstić information content (AvgIpc) is 2.55. The summed E-state index contributed by atoms with van der Waals surface area (Å²) in [6, 6.07) is 9.44. The lowest BCUT2D eigenvalue weighted by Crippen LogP contribution is -2.16. The third kappa shape index (κ3) is 4.61. The second kappa shape index (κ2) is 8.20. The van der Waals surface area contributed by atoms with E-state index in [-0.39, 0.29) is 13.2 Å². The van der Waals surface area contributed by atoms with Crippen LogP contribution in [0.3, 0.4) is 0 Å². The van der Waals surface area contributed by atoms with Gasteiger partial charge in [-0.2, -0.15) is 0 Å². The first-order chi connectivity index (χ1) is 11.1. The minimum atomic E-state index is -3.42. The summed E-state index contributed by atoms with van der Waals surface area (Å²) in [7, 11) is -3.42. The summed E-state index contributed by atoms with van der Waals surface area (Å²) in [4.78, 5) is 8.28. The predicted molar refractivity (Wildman–Crippen MR) is 90.4 cm³/mol. The van der Waals surface area contributed by atoms with E-state index in [1.165, 1.54) is 0 Å². The Balaban J connectivity index is 2.40. The normalized spacial score (nSPS) is 12.8. The first kappa shape index (κ1) is 17.6. The Kier molecular flexibility index (Phi) is 6.28. The molecule has 0 aliphatic heterocycles. The molecule has 1 heterocycles. The van der Waals surface area contributed by atoms with Crippen LogP contribution in [-0.2, 0) is 13.6 Å². The van der Waals surface area contributed by atoms with Gasteiger partial charge in [0.05, 0.1) is 13.2 Å². The molecule has 1 aromatic heterocycles. The number of nitrogens with zero attached hydrogens (tertiary/aromatic N) is 2. The van der Waals surface area contributed by atoms with Crippen molar-refractivity contribution in [1.82, 2.24) is 9.97 Å². The van der Waals surface area contributed by atoms with E-state index in [0.717, 1.165) is 11.1 Å². The Hall–Kier alpha value is -1.75. The molecule has 1 aromatic carbocycles. The van der Waals surface area contributed by atoms with E-state index in [0.29, 0.717) is 5.95 Å². The van der Waals surface area contributed by atoms with E-state index in [9.17, 15) is 4.57 Å². The highest BCUT2D eigenvalue weighted by molar-refractivity contribution is 7.54.